The summed E-state index contributed by atoms with van der Waals surface area (Å²) >= 11 is -2.18. The van der Waals surface area contributed by atoms with Crippen LogP contribution < -0.4 is 9.62 Å². The highest BCUT2D eigenvalue weighted by Gasteiger charge is 2.15. The second kappa shape index (κ2) is 11.3. The summed E-state index contributed by atoms with van der Waals surface area (Å²) in [4.78, 5) is 13.9. The number of hydrogen-bond donors (Lipinski definition) is 2. The lowest BCUT2D eigenvalue weighted by atomic mass is 10.1. The zero-order valence-electron chi connectivity index (χ0n) is 17.6. The molecule has 0 bridgehead atoms. The van der Waals surface area contributed by atoms with Crippen LogP contribution in [0.1, 0.15) is 27.9 Å². The number of ether oxygens (including phenoxy) is 1. The summed E-state index contributed by atoms with van der Waals surface area (Å²) in [6.07, 6.45) is 0.853. The molecule has 1 saturated heterocycles. The number of nitrogens with one attached hydrogen (secondary N) is 1. The molecule has 0 amide bonds. The Morgan fingerprint density at radius 1 is 1.23 bits per heavy atom. The van der Waals surface area contributed by atoms with Crippen LogP contribution >= 0.6 is 0 Å². The van der Waals surface area contributed by atoms with E-state index in [0.717, 1.165) is 44.4 Å². The lowest BCUT2D eigenvalue weighted by Gasteiger charge is -2.27. The number of carbonyl (C=O) groups is 1. The molecule has 0 radical (unpaired) electrons. The van der Waals surface area contributed by atoms with Crippen molar-refractivity contribution in [2.75, 3.05) is 44.1 Å². The maximum atomic E-state index is 14.3. The van der Waals surface area contributed by atoms with Gasteiger partial charge in [0.1, 0.15) is 5.82 Å². The Balaban J connectivity index is 1.57. The van der Waals surface area contributed by atoms with Gasteiger partial charge in [0.2, 0.25) is 0 Å². The molecule has 2 N–H and O–H groups in total. The number of nitrogens with zero attached hydrogens (tertiary/aromatic N) is 2. The number of methoxy groups -OCH3 is 1. The van der Waals surface area contributed by atoms with E-state index in [-0.39, 0.29) is 5.56 Å². The molecule has 2 aromatic rings. The lowest BCUT2D eigenvalue weighted by molar-refractivity contribution is 0.0600. The van der Waals surface area contributed by atoms with Crippen molar-refractivity contribution in [2.24, 2.45) is 0 Å². The van der Waals surface area contributed by atoms with E-state index in [1.165, 1.54) is 17.5 Å². The van der Waals surface area contributed by atoms with Crippen molar-refractivity contribution in [3.63, 3.8) is 0 Å². The summed E-state index contributed by atoms with van der Waals surface area (Å²) in [5.74, 6) is -1.08. The van der Waals surface area contributed by atoms with Crippen molar-refractivity contribution in [2.45, 2.75) is 19.4 Å². The van der Waals surface area contributed by atoms with E-state index in [2.05, 4.69) is 15.0 Å². The molecule has 2 aromatic carbocycles. The second-order valence-corrected chi connectivity index (χ2v) is 8.33. The lowest BCUT2D eigenvalue weighted by Crippen LogP contribution is -2.42. The van der Waals surface area contributed by atoms with Gasteiger partial charge in [-0.25, -0.2) is 13.4 Å². The Morgan fingerprint density at radius 3 is 2.55 bits per heavy atom. The molecule has 0 saturated carbocycles. The van der Waals surface area contributed by atoms with Crippen molar-refractivity contribution in [3.05, 3.63) is 65.0 Å². The van der Waals surface area contributed by atoms with E-state index in [9.17, 15) is 17.9 Å². The highest BCUT2D eigenvalue weighted by Crippen LogP contribution is 2.20. The van der Waals surface area contributed by atoms with Crippen LogP contribution in [0.2, 0.25) is 0 Å². The first kappa shape index (κ1) is 23.3. The molecule has 1 fully saturated rings. The van der Waals surface area contributed by atoms with E-state index < -0.39 is 23.1 Å². The van der Waals surface area contributed by atoms with Gasteiger partial charge in [0.15, 0.2) is 0 Å². The number of carbonyl (C=O) groups excluding carboxylic acids is 1. The van der Waals surface area contributed by atoms with Crippen LogP contribution in [0.3, 0.4) is 0 Å². The SMILES string of the molecule is COC(=O)c1ccc(CCCN(c2ccc(CN3CCNCC3)cc2)S(=O)O)c(F)c1. The standard InChI is InChI=1S/C22H28FN3O4S/c1-30-22(27)19-7-6-18(21(23)15-19)3-2-12-26(31(28)29)20-8-4-17(5-9-20)16-25-13-10-24-11-14-25/h4-9,15,24H,2-3,10-14,16H2,1H3,(H,28,29). The molecular formula is C22H28FN3O4S. The van der Waals surface area contributed by atoms with Crippen molar-refractivity contribution in [1.29, 1.82) is 0 Å². The summed E-state index contributed by atoms with van der Waals surface area (Å²) in [5, 5.41) is 3.33. The zero-order chi connectivity index (χ0) is 22.2. The summed E-state index contributed by atoms with van der Waals surface area (Å²) in [7, 11) is 1.25. The van der Waals surface area contributed by atoms with Gasteiger partial charge in [-0.05, 0) is 48.2 Å². The fraction of sp³-hybridized carbons (Fsp3) is 0.409. The zero-order valence-corrected chi connectivity index (χ0v) is 18.4. The highest BCUT2D eigenvalue weighted by atomic mass is 32.2. The van der Waals surface area contributed by atoms with Gasteiger partial charge < -0.3 is 10.1 Å². The molecule has 168 valence electrons. The molecule has 3 rings (SSSR count). The van der Waals surface area contributed by atoms with Crippen molar-refractivity contribution in [3.8, 4) is 0 Å². The first-order valence-electron chi connectivity index (χ1n) is 10.2. The predicted molar refractivity (Wildman–Crippen MR) is 119 cm³/mol. The monoisotopic (exact) mass is 449 g/mol. The predicted octanol–water partition coefficient (Wildman–Crippen LogP) is 2.59. The average molecular weight is 450 g/mol. The maximum absolute atomic E-state index is 14.3. The normalized spacial score (nSPS) is 15.5. The number of rotatable bonds is 9. The maximum Gasteiger partial charge on any atom is 0.337 e. The average Bonchev–Trinajstić information content (AvgIpc) is 2.78. The largest absolute Gasteiger partial charge is 0.465 e. The molecule has 1 atom stereocenters. The van der Waals surface area contributed by atoms with Crippen LogP contribution in [0, 0.1) is 5.82 Å². The topological polar surface area (TPSA) is 82.1 Å². The number of hydrogen-bond acceptors (Lipinski definition) is 5. The van der Waals surface area contributed by atoms with E-state index in [4.69, 9.17) is 0 Å². The third kappa shape index (κ3) is 6.57. The van der Waals surface area contributed by atoms with Crippen molar-refractivity contribution < 1.29 is 22.7 Å². The number of aryl methyl sites for hydroxylation is 1. The molecule has 0 aromatic heterocycles. The molecule has 1 heterocycles. The van der Waals surface area contributed by atoms with Gasteiger partial charge in [-0.2, -0.15) is 0 Å². The molecule has 9 heteroatoms. The Bertz CT molecular complexity index is 904. The minimum atomic E-state index is -2.18. The number of piperazine rings is 1. The number of halogens is 1. The molecule has 7 nitrogen and oxygen atoms in total. The quantitative estimate of drug-likeness (QED) is 0.452. The van der Waals surface area contributed by atoms with E-state index in [0.29, 0.717) is 30.6 Å². The van der Waals surface area contributed by atoms with Gasteiger partial charge in [-0.3, -0.25) is 13.8 Å². The van der Waals surface area contributed by atoms with Gasteiger partial charge in [-0.15, -0.1) is 0 Å². The Morgan fingerprint density at radius 2 is 1.94 bits per heavy atom. The summed E-state index contributed by atoms with van der Waals surface area (Å²) in [6.45, 7) is 5.13. The van der Waals surface area contributed by atoms with Gasteiger partial charge in [0.05, 0.1) is 18.4 Å². The summed E-state index contributed by atoms with van der Waals surface area (Å²) < 4.78 is 41.8. The minimum absolute atomic E-state index is 0.155. The van der Waals surface area contributed by atoms with E-state index in [1.807, 2.05) is 24.3 Å². The number of esters is 1. The summed E-state index contributed by atoms with van der Waals surface area (Å²) in [5.41, 5.74) is 2.40. The minimum Gasteiger partial charge on any atom is -0.465 e. The molecule has 1 aliphatic rings. The Kier molecular flexibility index (Phi) is 8.53. The van der Waals surface area contributed by atoms with Gasteiger partial charge >= 0.3 is 5.97 Å². The van der Waals surface area contributed by atoms with E-state index in [1.54, 1.807) is 6.07 Å². The van der Waals surface area contributed by atoms with Gasteiger partial charge in [0, 0.05) is 39.3 Å². The van der Waals surface area contributed by atoms with Crippen LogP contribution in [-0.2, 0) is 29.0 Å². The molecular weight excluding hydrogens is 421 g/mol. The molecule has 0 spiro atoms. The fourth-order valence-corrected chi connectivity index (χ4v) is 4.19. The molecule has 1 unspecified atom stereocenters. The van der Waals surface area contributed by atoms with Crippen LogP contribution in [0.15, 0.2) is 42.5 Å². The fourth-order valence-electron chi connectivity index (χ4n) is 3.60. The Labute approximate surface area is 184 Å². The smallest absolute Gasteiger partial charge is 0.337 e. The number of anilines is 1. The van der Waals surface area contributed by atoms with Crippen molar-refractivity contribution in [1.82, 2.24) is 10.2 Å². The van der Waals surface area contributed by atoms with Crippen LogP contribution in [-0.4, -0.2) is 59.5 Å². The molecule has 1 aliphatic heterocycles. The molecule has 31 heavy (non-hydrogen) atoms. The van der Waals surface area contributed by atoms with Crippen molar-refractivity contribution >= 4 is 22.9 Å². The van der Waals surface area contributed by atoms with Crippen LogP contribution in [0.4, 0.5) is 10.1 Å². The highest BCUT2D eigenvalue weighted by molar-refractivity contribution is 7.80. The first-order valence-corrected chi connectivity index (χ1v) is 11.3. The van der Waals surface area contributed by atoms with E-state index >= 15 is 0 Å². The van der Waals surface area contributed by atoms with Gasteiger partial charge in [0.25, 0.3) is 11.3 Å². The molecule has 0 aliphatic carbocycles. The second-order valence-electron chi connectivity index (χ2n) is 7.43. The Hall–Kier alpha value is -2.33. The summed E-state index contributed by atoms with van der Waals surface area (Å²) in [6, 6.07) is 11.9. The first-order chi connectivity index (χ1) is 15.0. The third-order valence-corrected chi connectivity index (χ3v) is 6.08. The van der Waals surface area contributed by atoms with Gasteiger partial charge in [-0.1, -0.05) is 18.2 Å². The van der Waals surface area contributed by atoms with Crippen LogP contribution in [0.25, 0.3) is 0 Å². The van der Waals surface area contributed by atoms with Crippen LogP contribution in [0.5, 0.6) is 0 Å². The number of benzene rings is 2. The third-order valence-electron chi connectivity index (χ3n) is 5.31.